The lowest BCUT2D eigenvalue weighted by atomic mass is 10.0. The number of amides is 5. The van der Waals surface area contributed by atoms with Crippen LogP contribution in [0.2, 0.25) is 0 Å². The summed E-state index contributed by atoms with van der Waals surface area (Å²) in [6.45, 7) is 0.874. The first-order valence-corrected chi connectivity index (χ1v) is 14.1. The van der Waals surface area contributed by atoms with Gasteiger partial charge in [0.25, 0.3) is 0 Å². The molecule has 1 aliphatic heterocycles. The summed E-state index contributed by atoms with van der Waals surface area (Å²) in [4.78, 5) is 75.4. The standard InChI is InChI=1S/C25H39N9O5.C2HF3O2/c26-20(35)11-10-18(33-22(37)16-8-4-12-30-16)24(39)32-17(9-5-13-31-25(28)29)23(38)34-19(21(27)36)14-15-6-2-1-3-7-15;3-2(4,5)1(6)7/h1-3,6-7,16-19,30H,4-5,8-14H2,(H2,26,35)(H2,27,36)(H,32,39)(H,33,37)(H,34,38)(H4,28,29,31);(H,6,7)/t16-,17-,18-,19-;/m0./s1. The second-order valence-electron chi connectivity index (χ2n) is 10.2. The van der Waals surface area contributed by atoms with E-state index in [0.717, 1.165) is 12.0 Å². The Kier molecular flexibility index (Phi) is 16.5. The van der Waals surface area contributed by atoms with Gasteiger partial charge in [0.15, 0.2) is 5.96 Å². The molecule has 0 saturated carbocycles. The number of guanidine groups is 1. The number of benzene rings is 1. The number of nitrogens with one attached hydrogen (secondary N) is 4. The Bertz CT molecular complexity index is 1220. The van der Waals surface area contributed by atoms with Crippen LogP contribution in [0.25, 0.3) is 0 Å². The fourth-order valence-corrected chi connectivity index (χ4v) is 4.13. The fourth-order valence-electron chi connectivity index (χ4n) is 4.13. The average Bonchev–Trinajstić information content (AvgIpc) is 3.52. The smallest absolute Gasteiger partial charge is 0.475 e. The molecule has 0 spiro atoms. The molecule has 16 nitrogen and oxygen atoms in total. The van der Waals surface area contributed by atoms with E-state index in [1.165, 1.54) is 0 Å². The third-order valence-corrected chi connectivity index (χ3v) is 6.45. The number of aliphatic carboxylic acids is 1. The predicted octanol–water partition coefficient (Wildman–Crippen LogP) is -2.13. The molecule has 1 aliphatic rings. The molecule has 13 N–H and O–H groups in total. The highest BCUT2D eigenvalue weighted by molar-refractivity contribution is 5.95. The molecule has 4 atom stereocenters. The molecule has 46 heavy (non-hydrogen) atoms. The van der Waals surface area contributed by atoms with Crippen molar-refractivity contribution in [1.29, 1.82) is 0 Å². The van der Waals surface area contributed by atoms with Gasteiger partial charge in [0.2, 0.25) is 29.5 Å². The molecule has 1 saturated heterocycles. The van der Waals surface area contributed by atoms with Gasteiger partial charge in [0.05, 0.1) is 6.04 Å². The fraction of sp³-hybridized carbons (Fsp3) is 0.519. The van der Waals surface area contributed by atoms with Crippen molar-refractivity contribution in [3.63, 3.8) is 0 Å². The number of carboxylic acids is 1. The second-order valence-corrected chi connectivity index (χ2v) is 10.2. The molecule has 1 aromatic rings. The van der Waals surface area contributed by atoms with Gasteiger partial charge in [-0.15, -0.1) is 0 Å². The monoisotopic (exact) mass is 659 g/mol. The van der Waals surface area contributed by atoms with E-state index in [0.29, 0.717) is 19.4 Å². The van der Waals surface area contributed by atoms with Crippen LogP contribution in [-0.2, 0) is 35.2 Å². The third kappa shape index (κ3) is 15.7. The van der Waals surface area contributed by atoms with Crippen molar-refractivity contribution < 1.29 is 47.0 Å². The van der Waals surface area contributed by atoms with Gasteiger partial charge in [0.1, 0.15) is 18.1 Å². The number of alkyl halides is 3. The molecule has 19 heteroatoms. The van der Waals surface area contributed by atoms with Gasteiger partial charge in [-0.05, 0) is 44.2 Å². The van der Waals surface area contributed by atoms with Gasteiger partial charge < -0.3 is 49.3 Å². The number of nitrogens with two attached hydrogens (primary N) is 4. The maximum absolute atomic E-state index is 13.2. The number of primary amides is 2. The molecule has 5 amide bonds. The summed E-state index contributed by atoms with van der Waals surface area (Å²) in [6.07, 6.45) is -3.27. The summed E-state index contributed by atoms with van der Waals surface area (Å²) >= 11 is 0. The van der Waals surface area contributed by atoms with Crippen molar-refractivity contribution in [3.05, 3.63) is 35.9 Å². The summed E-state index contributed by atoms with van der Waals surface area (Å²) in [5.41, 5.74) is 22.3. The summed E-state index contributed by atoms with van der Waals surface area (Å²) < 4.78 is 31.7. The first-order chi connectivity index (χ1) is 21.5. The Morgan fingerprint density at radius 1 is 0.913 bits per heavy atom. The van der Waals surface area contributed by atoms with Gasteiger partial charge in [-0.3, -0.25) is 29.0 Å². The minimum absolute atomic E-state index is 0.0557. The molecule has 0 aliphatic carbocycles. The lowest BCUT2D eigenvalue weighted by molar-refractivity contribution is -0.192. The predicted molar refractivity (Wildman–Crippen MR) is 158 cm³/mol. The number of rotatable bonds is 16. The number of halogens is 3. The van der Waals surface area contributed by atoms with Crippen LogP contribution in [0.1, 0.15) is 44.1 Å². The van der Waals surface area contributed by atoms with E-state index in [4.69, 9.17) is 32.8 Å². The average molecular weight is 660 g/mol. The van der Waals surface area contributed by atoms with Crippen LogP contribution in [0, 0.1) is 0 Å². The van der Waals surface area contributed by atoms with Crippen LogP contribution in [0.5, 0.6) is 0 Å². The van der Waals surface area contributed by atoms with Crippen molar-refractivity contribution in [3.8, 4) is 0 Å². The van der Waals surface area contributed by atoms with E-state index < -0.39 is 59.9 Å². The van der Waals surface area contributed by atoms with Crippen molar-refractivity contribution in [2.24, 2.45) is 27.9 Å². The Labute approximate surface area is 262 Å². The zero-order chi connectivity index (χ0) is 34.9. The summed E-state index contributed by atoms with van der Waals surface area (Å²) in [7, 11) is 0. The van der Waals surface area contributed by atoms with Gasteiger partial charge in [-0.1, -0.05) is 30.3 Å². The summed E-state index contributed by atoms with van der Waals surface area (Å²) in [5, 5.41) is 18.1. The van der Waals surface area contributed by atoms with Crippen LogP contribution >= 0.6 is 0 Å². The van der Waals surface area contributed by atoms with Gasteiger partial charge >= 0.3 is 12.1 Å². The van der Waals surface area contributed by atoms with Crippen LogP contribution in [-0.4, -0.2) is 90.0 Å². The number of hydrogen-bond acceptors (Lipinski definition) is 8. The molecule has 1 fully saturated rings. The van der Waals surface area contributed by atoms with Crippen LogP contribution in [0.15, 0.2) is 35.3 Å². The number of carbonyl (C=O) groups excluding carboxylic acids is 5. The number of nitrogens with zero attached hydrogens (tertiary/aromatic N) is 1. The van der Waals surface area contributed by atoms with E-state index in [1.54, 1.807) is 24.3 Å². The molecule has 1 aromatic carbocycles. The van der Waals surface area contributed by atoms with E-state index in [2.05, 4.69) is 26.3 Å². The minimum Gasteiger partial charge on any atom is -0.475 e. The van der Waals surface area contributed by atoms with Gasteiger partial charge in [-0.2, -0.15) is 13.2 Å². The zero-order valence-electron chi connectivity index (χ0n) is 24.8. The first kappa shape index (κ1) is 39.1. The number of hydrogen-bond donors (Lipinski definition) is 9. The van der Waals surface area contributed by atoms with Crippen LogP contribution < -0.4 is 44.2 Å². The number of carbonyl (C=O) groups is 6. The molecule has 2 rings (SSSR count). The lowest BCUT2D eigenvalue weighted by Gasteiger charge is -2.25. The van der Waals surface area contributed by atoms with E-state index in [9.17, 15) is 37.1 Å². The number of carboxylic acid groups (broad SMARTS) is 1. The number of aliphatic imine (C=N–C) groups is 1. The van der Waals surface area contributed by atoms with Crippen LogP contribution in [0.4, 0.5) is 13.2 Å². The molecular weight excluding hydrogens is 619 g/mol. The minimum atomic E-state index is -5.08. The molecule has 0 radical (unpaired) electrons. The second kappa shape index (κ2) is 19.4. The highest BCUT2D eigenvalue weighted by Crippen LogP contribution is 2.13. The maximum Gasteiger partial charge on any atom is 0.490 e. The van der Waals surface area contributed by atoms with E-state index >= 15 is 0 Å². The highest BCUT2D eigenvalue weighted by atomic mass is 19.4. The highest BCUT2D eigenvalue weighted by Gasteiger charge is 2.38. The Morgan fingerprint density at radius 2 is 1.48 bits per heavy atom. The van der Waals surface area contributed by atoms with E-state index in [-0.39, 0.29) is 44.1 Å². The van der Waals surface area contributed by atoms with E-state index in [1.807, 2.05) is 6.07 Å². The Morgan fingerprint density at radius 3 is 1.96 bits per heavy atom. The van der Waals surface area contributed by atoms with Crippen molar-refractivity contribution >= 4 is 41.5 Å². The topological polar surface area (TPSA) is 287 Å². The molecule has 0 aromatic heterocycles. The van der Waals surface area contributed by atoms with Gasteiger partial charge in [0, 0.05) is 19.4 Å². The summed E-state index contributed by atoms with van der Waals surface area (Å²) in [5.74, 6) is -5.97. The first-order valence-electron chi connectivity index (χ1n) is 14.1. The molecule has 0 unspecified atom stereocenters. The van der Waals surface area contributed by atoms with Crippen molar-refractivity contribution in [2.45, 2.75) is 75.3 Å². The largest absolute Gasteiger partial charge is 0.490 e. The molecule has 1 heterocycles. The van der Waals surface area contributed by atoms with Crippen LogP contribution in [0.3, 0.4) is 0 Å². The SMILES string of the molecule is NC(=O)CC[C@H](NC(=O)[C@@H]1CCCN1)C(=O)N[C@@H](CCCN=C(N)N)C(=O)N[C@@H](Cc1ccccc1)C(N)=O.O=C(O)C(F)(F)F. The molecular formula is C27H40F3N9O7. The normalized spacial score (nSPS) is 15.9. The summed E-state index contributed by atoms with van der Waals surface area (Å²) in [6, 6.07) is 5.28. The lowest BCUT2D eigenvalue weighted by Crippen LogP contribution is -2.57. The third-order valence-electron chi connectivity index (χ3n) is 6.45. The molecule has 0 bridgehead atoms. The Balaban J connectivity index is 0.00000135. The maximum atomic E-state index is 13.2. The Hall–Kier alpha value is -4.94. The van der Waals surface area contributed by atoms with Crippen molar-refractivity contribution in [1.82, 2.24) is 21.3 Å². The van der Waals surface area contributed by atoms with Gasteiger partial charge in [-0.25, -0.2) is 4.79 Å². The quantitative estimate of drug-likeness (QED) is 0.0528. The zero-order valence-corrected chi connectivity index (χ0v) is 24.8. The molecule has 256 valence electrons. The van der Waals surface area contributed by atoms with Crippen molar-refractivity contribution in [2.75, 3.05) is 13.1 Å².